The molecule has 2 amide bonds. The molecule has 27 heavy (non-hydrogen) atoms. The number of phenolic OH excluding ortho intramolecular Hbond substituents is 1. The minimum atomic E-state index is -0.511. The van der Waals surface area contributed by atoms with Gasteiger partial charge in [-0.15, -0.1) is 0 Å². The summed E-state index contributed by atoms with van der Waals surface area (Å²) in [6.07, 6.45) is 0.743. The Hall–Kier alpha value is -2.70. The Kier molecular flexibility index (Phi) is 4.68. The van der Waals surface area contributed by atoms with E-state index < -0.39 is 12.0 Å². The van der Waals surface area contributed by atoms with Gasteiger partial charge in [-0.2, -0.15) is 0 Å². The topological polar surface area (TPSA) is 72.9 Å². The first-order chi connectivity index (χ1) is 13.1. The maximum atomic E-state index is 13.0. The molecule has 3 atom stereocenters. The largest absolute Gasteiger partial charge is 0.508 e. The fourth-order valence-corrected chi connectivity index (χ4v) is 4.06. The predicted octanol–water partition coefficient (Wildman–Crippen LogP) is 2.22. The van der Waals surface area contributed by atoms with E-state index in [0.717, 1.165) is 17.5 Å². The zero-order chi connectivity index (χ0) is 19.0. The van der Waals surface area contributed by atoms with Crippen molar-refractivity contribution in [1.82, 2.24) is 15.3 Å². The third-order valence-electron chi connectivity index (χ3n) is 5.31. The van der Waals surface area contributed by atoms with Crippen LogP contribution in [0.25, 0.3) is 0 Å². The van der Waals surface area contributed by atoms with E-state index in [1.165, 1.54) is 4.90 Å². The summed E-state index contributed by atoms with van der Waals surface area (Å²) in [5.74, 6) is -0.530. The summed E-state index contributed by atoms with van der Waals surface area (Å²) >= 11 is 0. The summed E-state index contributed by atoms with van der Waals surface area (Å²) in [6.45, 7) is 2.95. The van der Waals surface area contributed by atoms with E-state index in [0.29, 0.717) is 13.1 Å². The van der Waals surface area contributed by atoms with Gasteiger partial charge in [0, 0.05) is 13.1 Å². The number of nitrogens with one attached hydrogen (secondary N) is 1. The van der Waals surface area contributed by atoms with Crippen LogP contribution in [-0.2, 0) is 16.1 Å². The first kappa shape index (κ1) is 17.7. The van der Waals surface area contributed by atoms with E-state index in [-0.39, 0.29) is 23.6 Å². The van der Waals surface area contributed by atoms with Crippen LogP contribution < -0.4 is 5.43 Å². The van der Waals surface area contributed by atoms with Crippen molar-refractivity contribution in [2.75, 3.05) is 6.54 Å². The van der Waals surface area contributed by atoms with E-state index in [1.807, 2.05) is 42.3 Å². The van der Waals surface area contributed by atoms with Gasteiger partial charge in [-0.05, 0) is 29.7 Å². The van der Waals surface area contributed by atoms with Gasteiger partial charge < -0.3 is 5.11 Å². The number of likely N-dealkylation sites (tertiary alicyclic amines) is 1. The number of hydrazine groups is 1. The van der Waals surface area contributed by atoms with E-state index in [4.69, 9.17) is 0 Å². The fraction of sp³-hybridized carbons (Fsp3) is 0.333. The highest BCUT2D eigenvalue weighted by atomic mass is 16.3. The molecular formula is C21H23N3O3. The number of nitrogens with zero attached hydrogens (tertiary/aromatic N) is 2. The Bertz CT molecular complexity index is 838. The lowest BCUT2D eigenvalue weighted by Gasteiger charge is -2.25. The maximum Gasteiger partial charge on any atom is 0.248 e. The number of aromatic hydroxyl groups is 1. The van der Waals surface area contributed by atoms with Crippen LogP contribution in [0.4, 0.5) is 0 Å². The number of fused-ring (bicyclic) bond motifs is 1. The minimum absolute atomic E-state index is 0.118. The number of imide groups is 1. The molecule has 0 radical (unpaired) electrons. The summed E-state index contributed by atoms with van der Waals surface area (Å²) in [5, 5.41) is 11.5. The van der Waals surface area contributed by atoms with Crippen LogP contribution in [0.5, 0.6) is 5.75 Å². The van der Waals surface area contributed by atoms with Gasteiger partial charge in [0.1, 0.15) is 11.8 Å². The van der Waals surface area contributed by atoms with Gasteiger partial charge in [0.25, 0.3) is 0 Å². The van der Waals surface area contributed by atoms with Crippen molar-refractivity contribution >= 4 is 11.8 Å². The highest BCUT2D eigenvalue weighted by Crippen LogP contribution is 2.41. The van der Waals surface area contributed by atoms with Gasteiger partial charge in [0.2, 0.25) is 11.8 Å². The number of hydrogen-bond acceptors (Lipinski definition) is 5. The Morgan fingerprint density at radius 1 is 1.00 bits per heavy atom. The van der Waals surface area contributed by atoms with Crippen molar-refractivity contribution in [2.24, 2.45) is 5.92 Å². The molecule has 0 bridgehead atoms. The first-order valence-corrected chi connectivity index (χ1v) is 9.31. The van der Waals surface area contributed by atoms with Crippen molar-refractivity contribution in [1.29, 1.82) is 0 Å². The molecule has 2 aromatic carbocycles. The normalized spacial score (nSPS) is 25.2. The fourth-order valence-electron chi connectivity index (χ4n) is 4.06. The van der Waals surface area contributed by atoms with Crippen LogP contribution in [0, 0.1) is 5.92 Å². The lowest BCUT2D eigenvalue weighted by Crippen LogP contribution is -2.45. The molecule has 2 aliphatic rings. The van der Waals surface area contributed by atoms with Crippen LogP contribution in [0.3, 0.4) is 0 Å². The molecular weight excluding hydrogens is 342 g/mol. The number of carbonyl (C=O) groups is 2. The highest BCUT2D eigenvalue weighted by Gasteiger charge is 2.58. The quantitative estimate of drug-likeness (QED) is 0.795. The van der Waals surface area contributed by atoms with Crippen LogP contribution in [-0.4, -0.2) is 39.4 Å². The second-order valence-electron chi connectivity index (χ2n) is 7.11. The molecule has 2 saturated heterocycles. The highest BCUT2D eigenvalue weighted by molar-refractivity contribution is 6.07. The Balaban J connectivity index is 1.68. The summed E-state index contributed by atoms with van der Waals surface area (Å²) in [5.41, 5.74) is 5.34. The van der Waals surface area contributed by atoms with Gasteiger partial charge in [0.15, 0.2) is 0 Å². The number of benzene rings is 2. The van der Waals surface area contributed by atoms with Crippen molar-refractivity contribution in [3.8, 4) is 5.75 Å². The summed E-state index contributed by atoms with van der Waals surface area (Å²) in [6, 6.07) is 15.9. The molecule has 2 N–H and O–H groups in total. The summed E-state index contributed by atoms with van der Waals surface area (Å²) in [7, 11) is 0. The number of hydrogen-bond donors (Lipinski definition) is 2. The number of phenols is 1. The molecule has 6 heteroatoms. The molecule has 2 heterocycles. The molecule has 140 valence electrons. The van der Waals surface area contributed by atoms with Gasteiger partial charge in [0.05, 0.1) is 12.0 Å². The average Bonchev–Trinajstić information content (AvgIpc) is 3.16. The zero-order valence-corrected chi connectivity index (χ0v) is 15.2. The molecule has 0 saturated carbocycles. The molecule has 6 nitrogen and oxygen atoms in total. The number of amides is 2. The second-order valence-corrected chi connectivity index (χ2v) is 7.11. The van der Waals surface area contributed by atoms with Crippen molar-refractivity contribution in [3.63, 3.8) is 0 Å². The first-order valence-electron chi connectivity index (χ1n) is 9.31. The van der Waals surface area contributed by atoms with Gasteiger partial charge in [-0.3, -0.25) is 14.5 Å². The van der Waals surface area contributed by atoms with Crippen LogP contribution in [0.2, 0.25) is 0 Å². The summed E-state index contributed by atoms with van der Waals surface area (Å²) < 4.78 is 0. The Morgan fingerprint density at radius 3 is 2.37 bits per heavy atom. The smallest absolute Gasteiger partial charge is 0.248 e. The maximum absolute atomic E-state index is 13.0. The zero-order valence-electron chi connectivity index (χ0n) is 15.2. The number of rotatable bonds is 5. The lowest BCUT2D eigenvalue weighted by atomic mass is 9.91. The van der Waals surface area contributed by atoms with E-state index in [2.05, 4.69) is 5.43 Å². The second kappa shape index (κ2) is 7.13. The summed E-state index contributed by atoms with van der Waals surface area (Å²) in [4.78, 5) is 27.4. The van der Waals surface area contributed by atoms with Crippen LogP contribution in [0.15, 0.2) is 54.6 Å². The number of carbonyl (C=O) groups excluding carboxylic acids is 2. The van der Waals surface area contributed by atoms with Crippen LogP contribution >= 0.6 is 0 Å². The molecule has 0 aliphatic carbocycles. The Morgan fingerprint density at radius 2 is 1.70 bits per heavy atom. The Labute approximate surface area is 158 Å². The van der Waals surface area contributed by atoms with Crippen molar-refractivity contribution in [3.05, 3.63) is 65.7 Å². The van der Waals surface area contributed by atoms with E-state index >= 15 is 0 Å². The van der Waals surface area contributed by atoms with Gasteiger partial charge in [-0.1, -0.05) is 49.4 Å². The van der Waals surface area contributed by atoms with Crippen molar-refractivity contribution < 1.29 is 14.7 Å². The minimum Gasteiger partial charge on any atom is -0.508 e. The molecule has 0 aromatic heterocycles. The third-order valence-corrected chi connectivity index (χ3v) is 5.31. The average molecular weight is 365 g/mol. The predicted molar refractivity (Wildman–Crippen MR) is 100 cm³/mol. The lowest BCUT2D eigenvalue weighted by molar-refractivity contribution is -0.141. The molecule has 4 rings (SSSR count). The SMILES string of the molecule is CCCN1C(=O)[C@@H]2[C@H](c3ccc(O)cc3)NN(Cc3ccccc3)[C@H]2C1=O. The van der Waals surface area contributed by atoms with Crippen LogP contribution in [0.1, 0.15) is 30.5 Å². The monoisotopic (exact) mass is 365 g/mol. The van der Waals surface area contributed by atoms with Gasteiger partial charge >= 0.3 is 0 Å². The molecule has 2 fully saturated rings. The van der Waals surface area contributed by atoms with E-state index in [9.17, 15) is 14.7 Å². The molecule has 2 aromatic rings. The molecule has 2 aliphatic heterocycles. The molecule has 0 spiro atoms. The molecule has 0 unspecified atom stereocenters. The van der Waals surface area contributed by atoms with Gasteiger partial charge in [-0.25, -0.2) is 10.4 Å². The van der Waals surface area contributed by atoms with Crippen molar-refractivity contribution in [2.45, 2.75) is 32.0 Å². The van der Waals surface area contributed by atoms with E-state index in [1.54, 1.807) is 24.3 Å². The third kappa shape index (κ3) is 3.11. The standard InChI is InChI=1S/C21H23N3O3/c1-2-12-23-20(26)17-18(15-8-10-16(25)11-9-15)22-24(19(17)21(23)27)13-14-6-4-3-5-7-14/h3-11,17-19,22,25H,2,12-13H2,1H3/t17-,18+,19-/m1/s1.